The van der Waals surface area contributed by atoms with Crippen LogP contribution in [0.1, 0.15) is 36.3 Å². The fraction of sp³-hybridized carbons (Fsp3) is 0.417. The fourth-order valence-electron chi connectivity index (χ4n) is 1.67. The van der Waals surface area contributed by atoms with Gasteiger partial charge in [0.15, 0.2) is 0 Å². The number of carboxylic acids is 1. The summed E-state index contributed by atoms with van der Waals surface area (Å²) in [4.78, 5) is 10.4. The van der Waals surface area contributed by atoms with Gasteiger partial charge in [-0.25, -0.2) is 0 Å². The van der Waals surface area contributed by atoms with E-state index in [1.165, 1.54) is 18.4 Å². The van der Waals surface area contributed by atoms with Crippen molar-refractivity contribution in [1.82, 2.24) is 0 Å². The van der Waals surface area contributed by atoms with Crippen LogP contribution < -0.4 is 0 Å². The molecular formula is C12H14O2. The SMILES string of the molecule is O=C(O)CCc1cccc(C2CC2)c1. The largest absolute Gasteiger partial charge is 0.481 e. The molecular weight excluding hydrogens is 176 g/mol. The molecule has 0 atom stereocenters. The summed E-state index contributed by atoms with van der Waals surface area (Å²) in [6.45, 7) is 0. The first-order chi connectivity index (χ1) is 6.75. The quantitative estimate of drug-likeness (QED) is 0.792. The third-order valence-electron chi connectivity index (χ3n) is 2.63. The van der Waals surface area contributed by atoms with Crippen molar-refractivity contribution in [3.63, 3.8) is 0 Å². The predicted molar refractivity (Wildman–Crippen MR) is 54.4 cm³/mol. The maximum atomic E-state index is 10.4. The second kappa shape index (κ2) is 3.82. The highest BCUT2D eigenvalue weighted by atomic mass is 16.4. The Morgan fingerprint density at radius 1 is 1.43 bits per heavy atom. The summed E-state index contributed by atoms with van der Waals surface area (Å²) in [6.07, 6.45) is 3.47. The molecule has 0 aliphatic heterocycles. The molecule has 1 aliphatic carbocycles. The van der Waals surface area contributed by atoms with Crippen molar-refractivity contribution in [3.8, 4) is 0 Å². The molecule has 0 saturated heterocycles. The predicted octanol–water partition coefficient (Wildman–Crippen LogP) is 2.58. The Labute approximate surface area is 83.6 Å². The van der Waals surface area contributed by atoms with E-state index in [0.29, 0.717) is 6.42 Å². The van der Waals surface area contributed by atoms with Crippen molar-refractivity contribution in [1.29, 1.82) is 0 Å². The monoisotopic (exact) mass is 190 g/mol. The third kappa shape index (κ3) is 2.34. The molecule has 2 heteroatoms. The van der Waals surface area contributed by atoms with Gasteiger partial charge in [-0.15, -0.1) is 0 Å². The van der Waals surface area contributed by atoms with Crippen molar-refractivity contribution in [2.24, 2.45) is 0 Å². The zero-order chi connectivity index (χ0) is 9.97. The highest BCUT2D eigenvalue weighted by Gasteiger charge is 2.23. The Bertz CT molecular complexity index is 340. The van der Waals surface area contributed by atoms with Gasteiger partial charge in [0.1, 0.15) is 0 Å². The second-order valence-corrected chi connectivity index (χ2v) is 3.91. The third-order valence-corrected chi connectivity index (χ3v) is 2.63. The lowest BCUT2D eigenvalue weighted by molar-refractivity contribution is -0.136. The number of carbonyl (C=O) groups is 1. The van der Waals surface area contributed by atoms with Crippen LogP contribution in [0.4, 0.5) is 0 Å². The lowest BCUT2D eigenvalue weighted by Gasteiger charge is -2.02. The maximum absolute atomic E-state index is 10.4. The molecule has 1 N–H and O–H groups in total. The number of carboxylic acid groups (broad SMARTS) is 1. The molecule has 0 spiro atoms. The summed E-state index contributed by atoms with van der Waals surface area (Å²) in [5, 5.41) is 8.57. The van der Waals surface area contributed by atoms with Gasteiger partial charge in [0.25, 0.3) is 0 Å². The number of aryl methyl sites for hydroxylation is 1. The molecule has 0 heterocycles. The van der Waals surface area contributed by atoms with E-state index in [1.54, 1.807) is 0 Å². The van der Waals surface area contributed by atoms with Gasteiger partial charge in [-0.1, -0.05) is 24.3 Å². The van der Waals surface area contributed by atoms with E-state index in [-0.39, 0.29) is 6.42 Å². The van der Waals surface area contributed by atoms with Crippen LogP contribution in [-0.4, -0.2) is 11.1 Å². The van der Waals surface area contributed by atoms with Crippen molar-refractivity contribution < 1.29 is 9.90 Å². The zero-order valence-corrected chi connectivity index (χ0v) is 8.07. The molecule has 2 rings (SSSR count). The highest BCUT2D eigenvalue weighted by molar-refractivity contribution is 5.67. The van der Waals surface area contributed by atoms with Crippen molar-refractivity contribution in [2.45, 2.75) is 31.6 Å². The lowest BCUT2D eigenvalue weighted by atomic mass is 10.0. The van der Waals surface area contributed by atoms with Gasteiger partial charge in [0, 0.05) is 6.42 Å². The molecule has 14 heavy (non-hydrogen) atoms. The molecule has 0 aromatic heterocycles. The summed E-state index contributed by atoms with van der Waals surface area (Å²) >= 11 is 0. The first-order valence-electron chi connectivity index (χ1n) is 5.06. The first kappa shape index (κ1) is 9.25. The van der Waals surface area contributed by atoms with Gasteiger partial charge < -0.3 is 5.11 Å². The summed E-state index contributed by atoms with van der Waals surface area (Å²) in [5.74, 6) is 0.0293. The number of rotatable bonds is 4. The van der Waals surface area contributed by atoms with Gasteiger partial charge in [-0.05, 0) is 36.3 Å². The highest BCUT2D eigenvalue weighted by Crippen LogP contribution is 2.40. The summed E-state index contributed by atoms with van der Waals surface area (Å²) in [5.41, 5.74) is 2.53. The Morgan fingerprint density at radius 3 is 2.86 bits per heavy atom. The molecule has 0 bridgehead atoms. The molecule has 0 amide bonds. The number of benzene rings is 1. The lowest BCUT2D eigenvalue weighted by Crippen LogP contribution is -1.97. The number of hydrogen-bond donors (Lipinski definition) is 1. The van der Waals surface area contributed by atoms with Gasteiger partial charge in [0.2, 0.25) is 0 Å². The Balaban J connectivity index is 2.02. The molecule has 1 aliphatic rings. The maximum Gasteiger partial charge on any atom is 0.303 e. The first-order valence-corrected chi connectivity index (χ1v) is 5.06. The minimum atomic E-state index is -0.721. The Kier molecular flexibility index (Phi) is 2.53. The normalized spacial score (nSPS) is 15.4. The van der Waals surface area contributed by atoms with E-state index in [4.69, 9.17) is 5.11 Å². The standard InChI is InChI=1S/C12H14O2/c13-12(14)7-4-9-2-1-3-11(8-9)10-5-6-10/h1-3,8,10H,4-7H2,(H,13,14). The summed E-state index contributed by atoms with van der Waals surface area (Å²) in [7, 11) is 0. The average molecular weight is 190 g/mol. The van der Waals surface area contributed by atoms with Crippen LogP contribution in [0.2, 0.25) is 0 Å². The molecule has 1 fully saturated rings. The van der Waals surface area contributed by atoms with Crippen LogP contribution in [0.25, 0.3) is 0 Å². The van der Waals surface area contributed by atoms with Gasteiger partial charge in [-0.2, -0.15) is 0 Å². The number of hydrogen-bond acceptors (Lipinski definition) is 1. The van der Waals surface area contributed by atoms with Gasteiger partial charge in [0.05, 0.1) is 0 Å². The number of aliphatic carboxylic acids is 1. The molecule has 74 valence electrons. The molecule has 0 radical (unpaired) electrons. The Morgan fingerprint density at radius 2 is 2.21 bits per heavy atom. The zero-order valence-electron chi connectivity index (χ0n) is 8.07. The van der Waals surface area contributed by atoms with Crippen LogP contribution in [0, 0.1) is 0 Å². The van der Waals surface area contributed by atoms with E-state index in [9.17, 15) is 4.79 Å². The summed E-state index contributed by atoms with van der Waals surface area (Å²) in [6, 6.07) is 8.34. The van der Waals surface area contributed by atoms with Gasteiger partial charge >= 0.3 is 5.97 Å². The summed E-state index contributed by atoms with van der Waals surface area (Å²) < 4.78 is 0. The molecule has 1 aromatic rings. The van der Waals surface area contributed by atoms with Crippen LogP contribution in [0.5, 0.6) is 0 Å². The van der Waals surface area contributed by atoms with E-state index in [2.05, 4.69) is 12.1 Å². The van der Waals surface area contributed by atoms with Crippen LogP contribution >= 0.6 is 0 Å². The van der Waals surface area contributed by atoms with Crippen LogP contribution in [-0.2, 0) is 11.2 Å². The minimum Gasteiger partial charge on any atom is -0.481 e. The smallest absolute Gasteiger partial charge is 0.303 e. The van der Waals surface area contributed by atoms with Gasteiger partial charge in [-0.3, -0.25) is 4.79 Å². The van der Waals surface area contributed by atoms with Crippen molar-refractivity contribution in [2.75, 3.05) is 0 Å². The van der Waals surface area contributed by atoms with E-state index in [0.717, 1.165) is 11.5 Å². The van der Waals surface area contributed by atoms with Crippen molar-refractivity contribution >= 4 is 5.97 Å². The molecule has 2 nitrogen and oxygen atoms in total. The van der Waals surface area contributed by atoms with E-state index in [1.807, 2.05) is 12.1 Å². The van der Waals surface area contributed by atoms with E-state index < -0.39 is 5.97 Å². The van der Waals surface area contributed by atoms with E-state index >= 15 is 0 Å². The molecule has 1 aromatic carbocycles. The fourth-order valence-corrected chi connectivity index (χ4v) is 1.67. The molecule has 0 unspecified atom stereocenters. The Hall–Kier alpha value is -1.31. The van der Waals surface area contributed by atoms with Crippen molar-refractivity contribution in [3.05, 3.63) is 35.4 Å². The topological polar surface area (TPSA) is 37.3 Å². The second-order valence-electron chi connectivity index (χ2n) is 3.91. The average Bonchev–Trinajstić information content (AvgIpc) is 2.98. The van der Waals surface area contributed by atoms with Crippen LogP contribution in [0.15, 0.2) is 24.3 Å². The van der Waals surface area contributed by atoms with Crippen LogP contribution in [0.3, 0.4) is 0 Å². The molecule has 1 saturated carbocycles. The minimum absolute atomic E-state index is 0.230.